The van der Waals surface area contributed by atoms with E-state index < -0.39 is 0 Å². The molecule has 0 aliphatic rings. The van der Waals surface area contributed by atoms with E-state index in [4.69, 9.17) is 5.73 Å². The SMILES string of the molecule is C[C@H](NC(=O)CSc1cn(Cc2ccccc2)c2ccccc12)c1nc(N)n[nH]1. The molecule has 0 aliphatic carbocycles. The van der Waals surface area contributed by atoms with Crippen LogP contribution in [-0.4, -0.2) is 31.4 Å². The van der Waals surface area contributed by atoms with E-state index in [2.05, 4.69) is 55.5 Å². The molecule has 2 heterocycles. The van der Waals surface area contributed by atoms with Crippen LogP contribution in [0.15, 0.2) is 65.7 Å². The first kappa shape index (κ1) is 19.1. The van der Waals surface area contributed by atoms with Gasteiger partial charge in [0.1, 0.15) is 5.82 Å². The predicted octanol–water partition coefficient (Wildman–Crippen LogP) is 3.36. The number of nitrogens with zero attached hydrogens (tertiary/aromatic N) is 3. The third-order valence-corrected chi connectivity index (χ3v) is 5.66. The van der Waals surface area contributed by atoms with E-state index in [9.17, 15) is 4.79 Å². The molecule has 148 valence electrons. The van der Waals surface area contributed by atoms with Gasteiger partial charge in [-0.15, -0.1) is 16.9 Å². The van der Waals surface area contributed by atoms with Crippen LogP contribution in [-0.2, 0) is 11.3 Å². The average Bonchev–Trinajstić information content (AvgIpc) is 3.31. The number of fused-ring (bicyclic) bond motifs is 1. The standard InChI is InChI=1S/C21H22N6OS/c1-14(20-24-21(22)26-25-20)23-19(28)13-29-18-12-27(11-15-7-3-2-4-8-15)17-10-6-5-9-16(17)18/h2-10,12,14H,11,13H2,1H3,(H,23,28)(H3,22,24,25,26)/t14-/m0/s1. The number of amides is 1. The van der Waals surface area contributed by atoms with Crippen LogP contribution in [0.4, 0.5) is 5.95 Å². The quantitative estimate of drug-likeness (QED) is 0.409. The lowest BCUT2D eigenvalue weighted by Gasteiger charge is -2.10. The average molecular weight is 407 g/mol. The predicted molar refractivity (Wildman–Crippen MR) is 116 cm³/mol. The number of anilines is 1. The van der Waals surface area contributed by atoms with Gasteiger partial charge in [-0.3, -0.25) is 9.89 Å². The molecule has 0 saturated heterocycles. The van der Waals surface area contributed by atoms with Gasteiger partial charge in [-0.05, 0) is 18.6 Å². The molecular weight excluding hydrogens is 384 g/mol. The number of aromatic nitrogens is 4. The van der Waals surface area contributed by atoms with Crippen LogP contribution < -0.4 is 11.1 Å². The lowest BCUT2D eigenvalue weighted by Crippen LogP contribution is -2.28. The minimum Gasteiger partial charge on any atom is -0.367 e. The van der Waals surface area contributed by atoms with Gasteiger partial charge >= 0.3 is 0 Å². The fourth-order valence-corrected chi connectivity index (χ4v) is 4.12. The maximum absolute atomic E-state index is 12.4. The van der Waals surface area contributed by atoms with Crippen LogP contribution in [0.25, 0.3) is 10.9 Å². The first-order chi connectivity index (χ1) is 14.1. The molecule has 0 radical (unpaired) electrons. The van der Waals surface area contributed by atoms with Crippen molar-refractivity contribution in [3.8, 4) is 0 Å². The van der Waals surface area contributed by atoms with Crippen LogP contribution in [0, 0.1) is 0 Å². The van der Waals surface area contributed by atoms with Crippen molar-refractivity contribution in [3.63, 3.8) is 0 Å². The summed E-state index contributed by atoms with van der Waals surface area (Å²) in [7, 11) is 0. The largest absolute Gasteiger partial charge is 0.367 e. The van der Waals surface area contributed by atoms with Gasteiger partial charge in [0.15, 0.2) is 0 Å². The summed E-state index contributed by atoms with van der Waals surface area (Å²) in [6.07, 6.45) is 2.12. The molecule has 29 heavy (non-hydrogen) atoms. The Balaban J connectivity index is 1.46. The first-order valence-electron chi connectivity index (χ1n) is 9.32. The highest BCUT2D eigenvalue weighted by Crippen LogP contribution is 2.30. The van der Waals surface area contributed by atoms with E-state index in [-0.39, 0.29) is 17.9 Å². The van der Waals surface area contributed by atoms with E-state index in [1.165, 1.54) is 17.3 Å². The Morgan fingerprint density at radius 3 is 2.72 bits per heavy atom. The third kappa shape index (κ3) is 4.43. The summed E-state index contributed by atoms with van der Waals surface area (Å²) in [6.45, 7) is 2.63. The molecule has 7 nitrogen and oxygen atoms in total. The monoisotopic (exact) mass is 406 g/mol. The zero-order valence-electron chi connectivity index (χ0n) is 16.0. The number of hydrogen-bond acceptors (Lipinski definition) is 5. The highest BCUT2D eigenvalue weighted by Gasteiger charge is 2.15. The Morgan fingerprint density at radius 2 is 1.97 bits per heavy atom. The summed E-state index contributed by atoms with van der Waals surface area (Å²) in [5.41, 5.74) is 7.92. The summed E-state index contributed by atoms with van der Waals surface area (Å²) in [4.78, 5) is 17.5. The number of nitrogen functional groups attached to an aromatic ring is 1. The molecule has 0 spiro atoms. The van der Waals surface area contributed by atoms with E-state index in [1.54, 1.807) is 0 Å². The molecule has 4 rings (SSSR count). The Hall–Kier alpha value is -3.26. The molecule has 0 saturated carbocycles. The smallest absolute Gasteiger partial charge is 0.239 e. The molecule has 0 fully saturated rings. The second-order valence-corrected chi connectivity index (χ2v) is 7.80. The van der Waals surface area contributed by atoms with Crippen molar-refractivity contribution in [2.75, 3.05) is 11.5 Å². The second kappa shape index (κ2) is 8.40. The molecule has 2 aromatic heterocycles. The Labute approximate surface area is 172 Å². The molecule has 0 unspecified atom stereocenters. The van der Waals surface area contributed by atoms with Crippen LogP contribution in [0.1, 0.15) is 24.4 Å². The Morgan fingerprint density at radius 1 is 1.21 bits per heavy atom. The van der Waals surface area contributed by atoms with Gasteiger partial charge in [-0.2, -0.15) is 4.98 Å². The van der Waals surface area contributed by atoms with Crippen LogP contribution in [0.5, 0.6) is 0 Å². The molecular formula is C21H22N6OS. The van der Waals surface area contributed by atoms with Gasteiger partial charge in [-0.25, -0.2) is 0 Å². The Kier molecular flexibility index (Phi) is 5.53. The number of hydrogen-bond donors (Lipinski definition) is 3. The fraction of sp³-hybridized carbons (Fsp3) is 0.190. The zero-order chi connectivity index (χ0) is 20.2. The number of rotatable bonds is 7. The highest BCUT2D eigenvalue weighted by atomic mass is 32.2. The van der Waals surface area contributed by atoms with Crippen LogP contribution in [0.2, 0.25) is 0 Å². The maximum atomic E-state index is 12.4. The fourth-order valence-electron chi connectivity index (χ4n) is 3.22. The molecule has 4 N–H and O–H groups in total. The van der Waals surface area contributed by atoms with Gasteiger partial charge in [0, 0.05) is 28.5 Å². The number of thioether (sulfide) groups is 1. The van der Waals surface area contributed by atoms with Crippen molar-refractivity contribution < 1.29 is 4.79 Å². The van der Waals surface area contributed by atoms with Crippen molar-refractivity contribution in [1.29, 1.82) is 0 Å². The van der Waals surface area contributed by atoms with Crippen LogP contribution >= 0.6 is 11.8 Å². The molecule has 4 aromatic rings. The molecule has 1 atom stereocenters. The minimum absolute atomic E-state index is 0.0719. The summed E-state index contributed by atoms with van der Waals surface area (Å²) in [5.74, 6) is 0.951. The van der Waals surface area contributed by atoms with Gasteiger partial charge in [0.25, 0.3) is 0 Å². The van der Waals surface area contributed by atoms with Crippen molar-refractivity contribution in [1.82, 2.24) is 25.1 Å². The van der Waals surface area contributed by atoms with Crippen LogP contribution in [0.3, 0.4) is 0 Å². The number of benzene rings is 2. The van der Waals surface area contributed by atoms with Crippen molar-refractivity contribution in [2.24, 2.45) is 0 Å². The molecule has 2 aromatic carbocycles. The van der Waals surface area contributed by atoms with Crippen molar-refractivity contribution in [3.05, 3.63) is 72.2 Å². The number of para-hydroxylation sites is 1. The van der Waals surface area contributed by atoms with E-state index in [1.807, 2.05) is 37.3 Å². The summed E-state index contributed by atoms with van der Waals surface area (Å²) < 4.78 is 2.23. The van der Waals surface area contributed by atoms with Crippen molar-refractivity contribution in [2.45, 2.75) is 24.4 Å². The second-order valence-electron chi connectivity index (χ2n) is 6.78. The number of carbonyl (C=O) groups excluding carboxylic acids is 1. The molecule has 1 amide bonds. The molecule has 0 aliphatic heterocycles. The summed E-state index contributed by atoms with van der Waals surface area (Å²) in [6, 6.07) is 18.3. The third-order valence-electron chi connectivity index (χ3n) is 4.61. The zero-order valence-corrected chi connectivity index (χ0v) is 16.8. The lowest BCUT2D eigenvalue weighted by molar-refractivity contribution is -0.119. The van der Waals surface area contributed by atoms with E-state index >= 15 is 0 Å². The maximum Gasteiger partial charge on any atom is 0.239 e. The van der Waals surface area contributed by atoms with Gasteiger partial charge in [0.05, 0.1) is 11.8 Å². The lowest BCUT2D eigenvalue weighted by atomic mass is 10.2. The van der Waals surface area contributed by atoms with E-state index in [0.29, 0.717) is 11.6 Å². The van der Waals surface area contributed by atoms with Gasteiger partial charge in [0.2, 0.25) is 11.9 Å². The number of nitrogens with one attached hydrogen (secondary N) is 2. The topological polar surface area (TPSA) is 102 Å². The summed E-state index contributed by atoms with van der Waals surface area (Å²) >= 11 is 1.53. The van der Waals surface area contributed by atoms with Gasteiger partial charge < -0.3 is 15.6 Å². The highest BCUT2D eigenvalue weighted by molar-refractivity contribution is 8.00. The van der Waals surface area contributed by atoms with Gasteiger partial charge in [-0.1, -0.05) is 48.5 Å². The molecule has 8 heteroatoms. The number of H-pyrrole nitrogens is 1. The van der Waals surface area contributed by atoms with E-state index in [0.717, 1.165) is 22.3 Å². The molecule has 0 bridgehead atoms. The first-order valence-corrected chi connectivity index (χ1v) is 10.3. The minimum atomic E-state index is -0.285. The number of nitrogens with two attached hydrogens (primary N) is 1. The summed E-state index contributed by atoms with van der Waals surface area (Å²) in [5, 5.41) is 10.6. The van der Waals surface area contributed by atoms with Crippen molar-refractivity contribution >= 4 is 34.5 Å². The number of aromatic amines is 1. The number of carbonyl (C=O) groups is 1. The Bertz CT molecular complexity index is 1120. The normalized spacial score (nSPS) is 12.2.